The summed E-state index contributed by atoms with van der Waals surface area (Å²) < 4.78 is 5.68. The van der Waals surface area contributed by atoms with E-state index < -0.39 is 12.0 Å². The molecule has 9 heteroatoms. The van der Waals surface area contributed by atoms with Crippen molar-refractivity contribution in [2.45, 2.75) is 31.9 Å². The van der Waals surface area contributed by atoms with Gasteiger partial charge in [0, 0.05) is 12.1 Å². The number of benzene rings is 1. The van der Waals surface area contributed by atoms with Gasteiger partial charge in [0.15, 0.2) is 0 Å². The number of nitrogens with zero attached hydrogens (tertiary/aromatic N) is 2. The predicted molar refractivity (Wildman–Crippen MR) is 114 cm³/mol. The summed E-state index contributed by atoms with van der Waals surface area (Å²) in [7, 11) is 0. The van der Waals surface area contributed by atoms with E-state index in [2.05, 4.69) is 10.3 Å². The number of aromatic nitrogens is 1. The zero-order chi connectivity index (χ0) is 21.5. The molecule has 160 valence electrons. The van der Waals surface area contributed by atoms with Crippen LogP contribution in [0.4, 0.5) is 0 Å². The Morgan fingerprint density at radius 2 is 1.73 bits per heavy atom. The first kappa shape index (κ1) is 22.3. The number of ether oxygens (including phenoxy) is 1. The smallest absolute Gasteiger partial charge is 0.322 e. The summed E-state index contributed by atoms with van der Waals surface area (Å²) in [6, 6.07) is 9.24. The lowest BCUT2D eigenvalue weighted by molar-refractivity contribution is -0.143. The third kappa shape index (κ3) is 6.32. The highest BCUT2D eigenvalue weighted by Gasteiger charge is 2.27. The number of hydrogen-bond acceptors (Lipinski definition) is 5. The minimum Gasteiger partial charge on any atom is -0.489 e. The largest absolute Gasteiger partial charge is 0.489 e. The van der Waals surface area contributed by atoms with Crippen LogP contribution in [0.3, 0.4) is 0 Å². The summed E-state index contributed by atoms with van der Waals surface area (Å²) in [6.07, 6.45) is 3.08. The molecule has 30 heavy (non-hydrogen) atoms. The second-order valence-corrected chi connectivity index (χ2v) is 7.87. The van der Waals surface area contributed by atoms with E-state index in [1.807, 2.05) is 4.90 Å². The zero-order valence-corrected chi connectivity index (χ0v) is 17.8. The number of rotatable bonds is 8. The topological polar surface area (TPSA) is 91.8 Å². The van der Waals surface area contributed by atoms with E-state index in [4.69, 9.17) is 27.9 Å². The molecular weight excluding hydrogens is 429 g/mol. The number of piperidine rings is 1. The predicted octanol–water partition coefficient (Wildman–Crippen LogP) is 3.64. The third-order valence-corrected chi connectivity index (χ3v) is 5.30. The van der Waals surface area contributed by atoms with Gasteiger partial charge in [0.1, 0.15) is 28.7 Å². The number of aliphatic carboxylic acids is 1. The fraction of sp³-hybridized carbons (Fsp3) is 0.381. The standard InChI is InChI=1S/C21H23Cl2N3O4/c22-18-10-14(11-19(23)25-18)13-30-16-6-4-15(5-7-16)20(27)24-12-17(21(28)29)26-8-2-1-3-9-26/h4-7,10-11,17H,1-3,8-9,12-13H2,(H,24,27)(H,28,29)/t17-/m0/s1. The zero-order valence-electron chi connectivity index (χ0n) is 16.3. The van der Waals surface area contributed by atoms with Crippen molar-refractivity contribution in [3.05, 3.63) is 57.8 Å². The Bertz CT molecular complexity index is 866. The second-order valence-electron chi connectivity index (χ2n) is 7.09. The number of pyridine rings is 1. The van der Waals surface area contributed by atoms with Gasteiger partial charge in [-0.15, -0.1) is 0 Å². The van der Waals surface area contributed by atoms with Gasteiger partial charge in [-0.3, -0.25) is 14.5 Å². The summed E-state index contributed by atoms with van der Waals surface area (Å²) >= 11 is 11.7. The summed E-state index contributed by atoms with van der Waals surface area (Å²) in [5.41, 5.74) is 1.21. The third-order valence-electron chi connectivity index (χ3n) is 4.92. The molecule has 3 rings (SSSR count). The van der Waals surface area contributed by atoms with Crippen molar-refractivity contribution in [2.24, 2.45) is 0 Å². The van der Waals surface area contributed by atoms with Gasteiger partial charge in [0.05, 0.1) is 0 Å². The number of nitrogens with one attached hydrogen (secondary N) is 1. The molecule has 0 saturated carbocycles. The van der Waals surface area contributed by atoms with Gasteiger partial charge in [-0.25, -0.2) is 4.98 Å². The molecule has 0 aliphatic carbocycles. The van der Waals surface area contributed by atoms with Crippen molar-refractivity contribution in [3.63, 3.8) is 0 Å². The number of carboxylic acids is 1. The molecule has 1 fully saturated rings. The molecule has 2 aromatic rings. The van der Waals surface area contributed by atoms with Gasteiger partial charge in [0.25, 0.3) is 5.91 Å². The summed E-state index contributed by atoms with van der Waals surface area (Å²) in [6.45, 7) is 1.80. The Labute approximate surface area is 184 Å². The number of carbonyl (C=O) groups excluding carboxylic acids is 1. The van der Waals surface area contributed by atoms with Gasteiger partial charge in [-0.1, -0.05) is 29.6 Å². The Morgan fingerprint density at radius 1 is 1.10 bits per heavy atom. The number of hydrogen-bond donors (Lipinski definition) is 2. The molecule has 1 aromatic carbocycles. The fourth-order valence-electron chi connectivity index (χ4n) is 3.36. The van der Waals surface area contributed by atoms with Gasteiger partial charge >= 0.3 is 5.97 Å². The molecule has 0 bridgehead atoms. The Morgan fingerprint density at radius 3 is 2.33 bits per heavy atom. The van der Waals surface area contributed by atoms with Crippen LogP contribution in [-0.4, -0.2) is 52.5 Å². The maximum Gasteiger partial charge on any atom is 0.322 e. The van der Waals surface area contributed by atoms with E-state index in [-0.39, 0.29) is 29.4 Å². The first-order valence-corrected chi connectivity index (χ1v) is 10.5. The quantitative estimate of drug-likeness (QED) is 0.595. The molecule has 0 radical (unpaired) electrons. The Kier molecular flexibility index (Phi) is 7.90. The van der Waals surface area contributed by atoms with Crippen LogP contribution >= 0.6 is 23.2 Å². The average molecular weight is 452 g/mol. The van der Waals surface area contributed by atoms with Crippen LogP contribution in [0.15, 0.2) is 36.4 Å². The molecule has 1 aliphatic rings. The van der Waals surface area contributed by atoms with Crippen molar-refractivity contribution in [3.8, 4) is 5.75 Å². The van der Waals surface area contributed by atoms with Gasteiger partial charge < -0.3 is 15.2 Å². The monoisotopic (exact) mass is 451 g/mol. The highest BCUT2D eigenvalue weighted by atomic mass is 35.5. The van der Waals surface area contributed by atoms with Crippen LogP contribution in [0.25, 0.3) is 0 Å². The van der Waals surface area contributed by atoms with Gasteiger partial charge in [0.2, 0.25) is 0 Å². The molecule has 1 atom stereocenters. The fourth-order valence-corrected chi connectivity index (χ4v) is 3.87. The number of carbonyl (C=O) groups is 2. The minimum absolute atomic E-state index is 0.0655. The lowest BCUT2D eigenvalue weighted by atomic mass is 10.1. The molecule has 1 aromatic heterocycles. The molecule has 2 heterocycles. The molecule has 2 N–H and O–H groups in total. The molecular formula is C21H23Cl2N3O4. The molecule has 0 unspecified atom stereocenters. The molecule has 1 aliphatic heterocycles. The van der Waals surface area contributed by atoms with Crippen LogP contribution in [0.2, 0.25) is 10.3 Å². The number of carboxylic acid groups (broad SMARTS) is 1. The lowest BCUT2D eigenvalue weighted by Crippen LogP contribution is -2.50. The average Bonchev–Trinajstić information content (AvgIpc) is 2.72. The van der Waals surface area contributed by atoms with Crippen LogP contribution in [0.5, 0.6) is 5.75 Å². The summed E-state index contributed by atoms with van der Waals surface area (Å²) in [5.74, 6) is -0.665. The number of amides is 1. The molecule has 1 saturated heterocycles. The van der Waals surface area contributed by atoms with Gasteiger partial charge in [-0.2, -0.15) is 0 Å². The normalized spacial score (nSPS) is 15.4. The first-order chi connectivity index (χ1) is 14.4. The van der Waals surface area contributed by atoms with E-state index in [9.17, 15) is 14.7 Å². The Balaban J connectivity index is 1.53. The number of halogens is 2. The van der Waals surface area contributed by atoms with E-state index in [0.717, 1.165) is 37.9 Å². The van der Waals surface area contributed by atoms with Crippen molar-refractivity contribution in [2.75, 3.05) is 19.6 Å². The molecule has 1 amide bonds. The van der Waals surface area contributed by atoms with E-state index in [1.165, 1.54) is 0 Å². The number of likely N-dealkylation sites (tertiary alicyclic amines) is 1. The Hall–Kier alpha value is -2.35. The van der Waals surface area contributed by atoms with Crippen molar-refractivity contribution >= 4 is 35.1 Å². The van der Waals surface area contributed by atoms with E-state index in [0.29, 0.717) is 11.3 Å². The minimum atomic E-state index is -0.919. The van der Waals surface area contributed by atoms with Crippen LogP contribution in [-0.2, 0) is 11.4 Å². The van der Waals surface area contributed by atoms with Crippen LogP contribution in [0, 0.1) is 0 Å². The second kappa shape index (κ2) is 10.6. The maximum absolute atomic E-state index is 12.4. The summed E-state index contributed by atoms with van der Waals surface area (Å²) in [4.78, 5) is 29.8. The highest BCUT2D eigenvalue weighted by Crippen LogP contribution is 2.18. The summed E-state index contributed by atoms with van der Waals surface area (Å²) in [5, 5.41) is 12.8. The highest BCUT2D eigenvalue weighted by molar-refractivity contribution is 6.32. The van der Waals surface area contributed by atoms with E-state index in [1.54, 1.807) is 36.4 Å². The van der Waals surface area contributed by atoms with Crippen molar-refractivity contribution in [1.82, 2.24) is 15.2 Å². The first-order valence-electron chi connectivity index (χ1n) is 9.72. The SMILES string of the molecule is O=C(NC[C@@H](C(=O)O)N1CCCCC1)c1ccc(OCc2cc(Cl)nc(Cl)c2)cc1. The van der Waals surface area contributed by atoms with Crippen molar-refractivity contribution < 1.29 is 19.4 Å². The maximum atomic E-state index is 12.4. The molecule has 7 nitrogen and oxygen atoms in total. The van der Waals surface area contributed by atoms with Crippen LogP contribution in [0.1, 0.15) is 35.2 Å². The van der Waals surface area contributed by atoms with Crippen LogP contribution < -0.4 is 10.1 Å². The van der Waals surface area contributed by atoms with Crippen molar-refractivity contribution in [1.29, 1.82) is 0 Å². The van der Waals surface area contributed by atoms with Gasteiger partial charge in [-0.05, 0) is 67.9 Å². The molecule has 0 spiro atoms. The van der Waals surface area contributed by atoms with E-state index >= 15 is 0 Å². The lowest BCUT2D eigenvalue weighted by Gasteiger charge is -2.31.